The Hall–Kier alpha value is -2.83. The number of nitrogens with zero attached hydrogens (tertiary/aromatic N) is 1. The molecule has 1 unspecified atom stereocenters. The van der Waals surface area contributed by atoms with Gasteiger partial charge in [-0.1, -0.05) is 5.92 Å². The van der Waals surface area contributed by atoms with Crippen LogP contribution in [0.15, 0.2) is 12.1 Å². The highest BCUT2D eigenvalue weighted by atomic mass is 16.6. The van der Waals surface area contributed by atoms with Crippen molar-refractivity contribution < 1.29 is 34.1 Å². The highest BCUT2D eigenvalue weighted by Crippen LogP contribution is 2.39. The lowest BCUT2D eigenvalue weighted by molar-refractivity contribution is -0.386. The zero-order valence-corrected chi connectivity index (χ0v) is 14.7. The summed E-state index contributed by atoms with van der Waals surface area (Å²) < 4.78 is 15.6. The van der Waals surface area contributed by atoms with Gasteiger partial charge in [-0.25, -0.2) is 0 Å². The summed E-state index contributed by atoms with van der Waals surface area (Å²) in [5.41, 5.74) is -1.82. The molecule has 1 rings (SSSR count). The Labute approximate surface area is 150 Å². The molecule has 26 heavy (non-hydrogen) atoms. The predicted octanol–water partition coefficient (Wildman–Crippen LogP) is 1.21. The van der Waals surface area contributed by atoms with E-state index in [9.17, 15) is 25.1 Å². The molecule has 9 heteroatoms. The van der Waals surface area contributed by atoms with E-state index in [4.69, 9.17) is 20.6 Å². The number of carbonyl (C=O) groups is 1. The van der Waals surface area contributed by atoms with Crippen LogP contribution in [0.25, 0.3) is 0 Å². The number of aliphatic hydroxyl groups excluding tert-OH is 2. The molecule has 1 aromatic carbocycles. The van der Waals surface area contributed by atoms with Crippen LogP contribution < -0.4 is 9.47 Å². The molecule has 0 radical (unpaired) electrons. The molecule has 0 amide bonds. The van der Waals surface area contributed by atoms with E-state index in [0.717, 1.165) is 6.07 Å². The smallest absolute Gasteiger partial charge is 0.317 e. The fourth-order valence-electron chi connectivity index (χ4n) is 1.99. The SMILES string of the molecule is C#CCOc1cc([N+](=O)[O-])c(C(C)OC(=O)C(C)(CO)CO)cc1OC. The minimum atomic E-state index is -1.52. The molecule has 142 valence electrons. The molecule has 0 bridgehead atoms. The van der Waals surface area contributed by atoms with Crippen molar-refractivity contribution in [1.29, 1.82) is 0 Å². The van der Waals surface area contributed by atoms with Gasteiger partial charge in [0.1, 0.15) is 18.1 Å². The molecular formula is C17H21NO8. The van der Waals surface area contributed by atoms with E-state index in [2.05, 4.69) is 5.92 Å². The van der Waals surface area contributed by atoms with Gasteiger partial charge in [-0.3, -0.25) is 14.9 Å². The van der Waals surface area contributed by atoms with Gasteiger partial charge in [0, 0.05) is 0 Å². The van der Waals surface area contributed by atoms with Crippen LogP contribution in [0.2, 0.25) is 0 Å². The number of terminal acetylenes is 1. The number of methoxy groups -OCH3 is 1. The van der Waals surface area contributed by atoms with E-state index in [1.54, 1.807) is 0 Å². The van der Waals surface area contributed by atoms with Crippen molar-refractivity contribution >= 4 is 11.7 Å². The Morgan fingerprint density at radius 2 is 2.00 bits per heavy atom. The molecule has 0 aliphatic heterocycles. The molecule has 0 fully saturated rings. The largest absolute Gasteiger partial charge is 0.493 e. The van der Waals surface area contributed by atoms with Crippen LogP contribution in [0.4, 0.5) is 5.69 Å². The van der Waals surface area contributed by atoms with Crippen molar-refractivity contribution in [3.63, 3.8) is 0 Å². The average molecular weight is 367 g/mol. The normalized spacial score (nSPS) is 12.0. The molecule has 0 aliphatic rings. The molecule has 9 nitrogen and oxygen atoms in total. The molecule has 0 aromatic heterocycles. The monoisotopic (exact) mass is 367 g/mol. The maximum absolute atomic E-state index is 12.2. The third-order valence-corrected chi connectivity index (χ3v) is 3.73. The lowest BCUT2D eigenvalue weighted by Gasteiger charge is -2.25. The maximum atomic E-state index is 12.2. The van der Waals surface area contributed by atoms with Gasteiger partial charge in [-0.2, -0.15) is 0 Å². The van der Waals surface area contributed by atoms with Crippen molar-refractivity contribution in [2.75, 3.05) is 26.9 Å². The summed E-state index contributed by atoms with van der Waals surface area (Å²) in [5, 5.41) is 29.9. The first kappa shape index (κ1) is 21.2. The van der Waals surface area contributed by atoms with Crippen LogP contribution in [-0.4, -0.2) is 48.0 Å². The number of nitro groups is 1. The highest BCUT2D eigenvalue weighted by molar-refractivity contribution is 5.77. The van der Waals surface area contributed by atoms with E-state index < -0.39 is 35.6 Å². The van der Waals surface area contributed by atoms with E-state index in [1.807, 2.05) is 0 Å². The van der Waals surface area contributed by atoms with E-state index in [0.29, 0.717) is 0 Å². The average Bonchev–Trinajstić information content (AvgIpc) is 2.64. The Kier molecular flexibility index (Phi) is 7.37. The zero-order chi connectivity index (χ0) is 19.9. The minimum Gasteiger partial charge on any atom is -0.493 e. The molecule has 0 spiro atoms. The summed E-state index contributed by atoms with van der Waals surface area (Å²) in [7, 11) is 1.35. The van der Waals surface area contributed by atoms with E-state index >= 15 is 0 Å². The van der Waals surface area contributed by atoms with Crippen LogP contribution in [0.5, 0.6) is 11.5 Å². The van der Waals surface area contributed by atoms with Gasteiger partial charge in [-0.15, -0.1) is 6.42 Å². The van der Waals surface area contributed by atoms with Gasteiger partial charge in [-0.05, 0) is 19.9 Å². The first-order valence-corrected chi connectivity index (χ1v) is 7.59. The fraction of sp³-hybridized carbons (Fsp3) is 0.471. The van der Waals surface area contributed by atoms with Gasteiger partial charge in [0.15, 0.2) is 11.5 Å². The van der Waals surface area contributed by atoms with Crippen molar-refractivity contribution in [1.82, 2.24) is 0 Å². The second-order valence-corrected chi connectivity index (χ2v) is 5.74. The van der Waals surface area contributed by atoms with Gasteiger partial charge >= 0.3 is 5.97 Å². The summed E-state index contributed by atoms with van der Waals surface area (Å²) in [6, 6.07) is 2.45. The second kappa shape index (κ2) is 9.03. The lowest BCUT2D eigenvalue weighted by atomic mass is 9.93. The minimum absolute atomic E-state index is 0.0616. The summed E-state index contributed by atoms with van der Waals surface area (Å²) in [5.74, 6) is 1.61. The topological polar surface area (TPSA) is 128 Å². The van der Waals surface area contributed by atoms with Gasteiger partial charge in [0.25, 0.3) is 5.69 Å². The number of esters is 1. The molecule has 1 aromatic rings. The number of hydrogen-bond acceptors (Lipinski definition) is 8. The molecular weight excluding hydrogens is 346 g/mol. The Balaban J connectivity index is 3.27. The highest BCUT2D eigenvalue weighted by Gasteiger charge is 2.36. The number of nitro benzene ring substituents is 1. The van der Waals surface area contributed by atoms with Gasteiger partial charge in [0.2, 0.25) is 0 Å². The quantitative estimate of drug-likeness (QED) is 0.288. The number of carbonyl (C=O) groups excluding carboxylic acids is 1. The van der Waals surface area contributed by atoms with Gasteiger partial charge in [0.05, 0.1) is 36.9 Å². The standard InChI is InChI=1S/C17H21NO8/c1-5-6-25-15-8-13(18(22)23)12(7-14(15)24-4)11(2)26-16(21)17(3,9-19)10-20/h1,7-8,11,19-20H,6,9-10H2,2-4H3. The Morgan fingerprint density at radius 3 is 2.46 bits per heavy atom. The summed E-state index contributed by atoms with van der Waals surface area (Å²) in [4.78, 5) is 22.9. The zero-order valence-electron chi connectivity index (χ0n) is 14.7. The number of rotatable bonds is 9. The van der Waals surface area contributed by atoms with Crippen molar-refractivity contribution in [3.8, 4) is 23.8 Å². The lowest BCUT2D eigenvalue weighted by Crippen LogP contribution is -2.37. The first-order chi connectivity index (χ1) is 12.2. The number of hydrogen-bond donors (Lipinski definition) is 2. The second-order valence-electron chi connectivity index (χ2n) is 5.74. The predicted molar refractivity (Wildman–Crippen MR) is 90.8 cm³/mol. The third kappa shape index (κ3) is 4.62. The fourth-order valence-corrected chi connectivity index (χ4v) is 1.99. The molecule has 0 saturated carbocycles. The Bertz CT molecular complexity index is 705. The van der Waals surface area contributed by atoms with Crippen LogP contribution in [0.1, 0.15) is 25.5 Å². The molecule has 0 heterocycles. The molecule has 1 atom stereocenters. The van der Waals surface area contributed by atoms with Crippen molar-refractivity contribution in [2.24, 2.45) is 5.41 Å². The number of benzene rings is 1. The van der Waals surface area contributed by atoms with Crippen LogP contribution in [-0.2, 0) is 9.53 Å². The van der Waals surface area contributed by atoms with Crippen molar-refractivity contribution in [2.45, 2.75) is 20.0 Å². The summed E-state index contributed by atoms with van der Waals surface area (Å²) >= 11 is 0. The third-order valence-electron chi connectivity index (χ3n) is 3.73. The van der Waals surface area contributed by atoms with E-state index in [1.165, 1.54) is 27.0 Å². The van der Waals surface area contributed by atoms with Crippen molar-refractivity contribution in [3.05, 3.63) is 27.8 Å². The summed E-state index contributed by atoms with van der Waals surface area (Å²) in [6.45, 7) is 1.35. The van der Waals surface area contributed by atoms with E-state index in [-0.39, 0.29) is 29.4 Å². The molecule has 0 saturated heterocycles. The number of aliphatic hydroxyl groups is 2. The molecule has 0 aliphatic carbocycles. The van der Waals surface area contributed by atoms with Crippen LogP contribution >= 0.6 is 0 Å². The molecule has 2 N–H and O–H groups in total. The maximum Gasteiger partial charge on any atom is 0.317 e. The first-order valence-electron chi connectivity index (χ1n) is 7.59. The summed E-state index contributed by atoms with van der Waals surface area (Å²) in [6.07, 6.45) is 4.07. The van der Waals surface area contributed by atoms with Gasteiger partial charge < -0.3 is 24.4 Å². The van der Waals surface area contributed by atoms with Crippen LogP contribution in [0, 0.1) is 27.9 Å². The van der Waals surface area contributed by atoms with Crippen LogP contribution in [0.3, 0.4) is 0 Å². The Morgan fingerprint density at radius 1 is 1.38 bits per heavy atom. The number of ether oxygens (including phenoxy) is 3.